The van der Waals surface area contributed by atoms with Gasteiger partial charge in [-0.05, 0) is 25.9 Å². The molecule has 1 fully saturated rings. The minimum Gasteiger partial charge on any atom is -0.468 e. The van der Waals surface area contributed by atoms with E-state index in [4.69, 9.17) is 4.11 Å². The molecule has 1 unspecified atom stereocenters. The number of hydrogen-bond donors (Lipinski definition) is 0. The molecular weight excluding hydrogens is 185 g/mol. The molecule has 0 spiro atoms. The van der Waals surface area contributed by atoms with Gasteiger partial charge in [0.1, 0.15) is 5.41 Å². The van der Waals surface area contributed by atoms with Crippen molar-refractivity contribution in [2.45, 2.75) is 13.3 Å². The molecule has 0 radical (unpaired) electrons. The van der Waals surface area contributed by atoms with E-state index in [1.165, 1.54) is 18.9 Å². The lowest BCUT2D eigenvalue weighted by atomic mass is 9.78. The van der Waals surface area contributed by atoms with E-state index in [1.54, 1.807) is 0 Å². The molecule has 0 N–H and O–H groups in total. The van der Waals surface area contributed by atoms with E-state index in [2.05, 4.69) is 4.74 Å². The molecule has 1 aliphatic heterocycles. The molecular formula is C10H16FNO2. The van der Waals surface area contributed by atoms with Crippen LogP contribution in [0.2, 0.25) is 0 Å². The molecule has 3 nitrogen and oxygen atoms in total. The molecule has 4 heteroatoms. The maximum Gasteiger partial charge on any atom is 0.317 e. The quantitative estimate of drug-likeness (QED) is 0.604. The van der Waals surface area contributed by atoms with E-state index in [0.29, 0.717) is 6.33 Å². The van der Waals surface area contributed by atoms with Gasteiger partial charge >= 0.3 is 5.97 Å². The molecule has 1 aliphatic rings. The molecule has 0 aromatic heterocycles. The van der Waals surface area contributed by atoms with Crippen LogP contribution in [0.15, 0.2) is 11.9 Å². The molecule has 14 heavy (non-hydrogen) atoms. The zero-order valence-corrected chi connectivity index (χ0v) is 8.34. The lowest BCUT2D eigenvalue weighted by Crippen LogP contribution is -2.46. The fourth-order valence-electron chi connectivity index (χ4n) is 1.69. The summed E-state index contributed by atoms with van der Waals surface area (Å²) in [6.07, 6.45) is 0.592. The van der Waals surface area contributed by atoms with Crippen LogP contribution in [0.25, 0.3) is 0 Å². The highest BCUT2D eigenvalue weighted by Crippen LogP contribution is 2.35. The van der Waals surface area contributed by atoms with Gasteiger partial charge in [-0.3, -0.25) is 4.79 Å². The van der Waals surface area contributed by atoms with Crippen molar-refractivity contribution >= 4 is 5.97 Å². The van der Waals surface area contributed by atoms with Gasteiger partial charge < -0.3 is 9.64 Å². The third-order valence-corrected chi connectivity index (χ3v) is 2.63. The summed E-state index contributed by atoms with van der Waals surface area (Å²) in [4.78, 5) is 12.9. The van der Waals surface area contributed by atoms with Crippen LogP contribution in [0.1, 0.15) is 17.5 Å². The van der Waals surface area contributed by atoms with Crippen LogP contribution in [0.5, 0.6) is 0 Å². The monoisotopic (exact) mass is 204 g/mol. The standard InChI is InChI=1S/C10H16FNO2/c1-10(9(13)14-3)7-12(2)5-4-8(10)6-11/h6H,4-5,7H2,1-3H3/b8-6+/i2D3. The number of esters is 1. The number of halogens is 1. The van der Waals surface area contributed by atoms with Crippen LogP contribution in [-0.4, -0.2) is 38.0 Å². The Balaban J connectivity index is 3.02. The predicted octanol–water partition coefficient (Wildman–Crippen LogP) is 1.35. The Labute approximate surface area is 87.7 Å². The van der Waals surface area contributed by atoms with Crippen molar-refractivity contribution in [2.75, 3.05) is 27.2 Å². The number of ether oxygens (including phenoxy) is 1. The molecule has 0 aliphatic carbocycles. The second-order valence-electron chi connectivity index (χ2n) is 3.63. The lowest BCUT2D eigenvalue weighted by molar-refractivity contribution is -0.151. The van der Waals surface area contributed by atoms with Gasteiger partial charge in [-0.2, -0.15) is 0 Å². The smallest absolute Gasteiger partial charge is 0.317 e. The maximum absolute atomic E-state index is 12.8. The first-order valence-electron chi connectivity index (χ1n) is 5.89. The van der Waals surface area contributed by atoms with Crippen molar-refractivity contribution in [1.82, 2.24) is 4.90 Å². The Morgan fingerprint density at radius 2 is 2.57 bits per heavy atom. The number of carbonyl (C=O) groups is 1. The highest BCUT2D eigenvalue weighted by Gasteiger charge is 2.42. The van der Waals surface area contributed by atoms with Crippen molar-refractivity contribution < 1.29 is 18.0 Å². The topological polar surface area (TPSA) is 29.5 Å². The number of piperidine rings is 1. The number of carbonyl (C=O) groups excluding carboxylic acids is 1. The predicted molar refractivity (Wildman–Crippen MR) is 51.4 cm³/mol. The highest BCUT2D eigenvalue weighted by molar-refractivity contribution is 5.80. The van der Waals surface area contributed by atoms with Crippen molar-refractivity contribution in [3.63, 3.8) is 0 Å². The van der Waals surface area contributed by atoms with Crippen molar-refractivity contribution in [1.29, 1.82) is 0 Å². The summed E-state index contributed by atoms with van der Waals surface area (Å²) in [5.41, 5.74) is -0.944. The molecule has 80 valence electrons. The summed E-state index contributed by atoms with van der Waals surface area (Å²) in [7, 11) is 1.21. The van der Waals surface area contributed by atoms with Crippen molar-refractivity contribution in [2.24, 2.45) is 5.41 Å². The summed E-state index contributed by atoms with van der Waals surface area (Å²) >= 11 is 0. The third kappa shape index (κ3) is 1.80. The van der Waals surface area contributed by atoms with E-state index >= 15 is 0 Å². The number of nitrogens with zero attached hydrogens (tertiary/aromatic N) is 1. The second kappa shape index (κ2) is 4.09. The molecule has 0 bridgehead atoms. The van der Waals surface area contributed by atoms with E-state index in [1.807, 2.05) is 0 Å². The minimum absolute atomic E-state index is 0.0636. The second-order valence-corrected chi connectivity index (χ2v) is 3.63. The summed E-state index contributed by atoms with van der Waals surface area (Å²) in [5.74, 6) is -0.615. The van der Waals surface area contributed by atoms with Crippen LogP contribution in [-0.2, 0) is 9.53 Å². The molecule has 0 amide bonds. The van der Waals surface area contributed by atoms with Gasteiger partial charge in [0.15, 0.2) is 0 Å². The first-order valence-corrected chi connectivity index (χ1v) is 4.39. The number of likely N-dealkylation sites (tertiary alicyclic amines) is 1. The summed E-state index contributed by atoms with van der Waals surface area (Å²) in [6.45, 7) is -0.635. The Morgan fingerprint density at radius 1 is 1.86 bits per heavy atom. The normalized spacial score (nSPS) is 35.9. The fraction of sp³-hybridized carbons (Fsp3) is 0.700. The van der Waals surface area contributed by atoms with Gasteiger partial charge in [-0.1, -0.05) is 0 Å². The first kappa shape index (κ1) is 7.40. The van der Waals surface area contributed by atoms with Gasteiger partial charge in [0.2, 0.25) is 0 Å². The van der Waals surface area contributed by atoms with Gasteiger partial charge in [0.25, 0.3) is 0 Å². The SMILES string of the molecule is [2H]C([2H])([2H])N1CC/C(=C\F)C(C)(C(=O)OC)C1. The molecule has 0 saturated carbocycles. The summed E-state index contributed by atoms with van der Waals surface area (Å²) in [5, 5.41) is 0. The summed E-state index contributed by atoms with van der Waals surface area (Å²) in [6, 6.07) is 0. The maximum atomic E-state index is 12.8. The van der Waals surface area contributed by atoms with Gasteiger partial charge in [0, 0.05) is 17.2 Å². The van der Waals surface area contributed by atoms with Gasteiger partial charge in [0.05, 0.1) is 13.4 Å². The number of hydrogen-bond acceptors (Lipinski definition) is 3. The van der Waals surface area contributed by atoms with Crippen LogP contribution >= 0.6 is 0 Å². The van der Waals surface area contributed by atoms with Crippen LogP contribution in [0.3, 0.4) is 0 Å². The Hall–Kier alpha value is -0.900. The number of rotatable bonds is 1. The molecule has 1 atom stereocenters. The van der Waals surface area contributed by atoms with Crippen molar-refractivity contribution in [3.8, 4) is 0 Å². The zero-order chi connectivity index (χ0) is 13.3. The molecule has 1 heterocycles. The molecule has 1 rings (SSSR count). The Kier molecular flexibility index (Phi) is 2.16. The largest absolute Gasteiger partial charge is 0.468 e. The van der Waals surface area contributed by atoms with Crippen LogP contribution in [0.4, 0.5) is 4.39 Å². The average Bonchev–Trinajstić information content (AvgIpc) is 2.26. The van der Waals surface area contributed by atoms with E-state index in [0.717, 1.165) is 0 Å². The number of methoxy groups -OCH3 is 1. The fourth-order valence-corrected chi connectivity index (χ4v) is 1.69. The molecule has 0 aromatic rings. The van der Waals surface area contributed by atoms with Crippen LogP contribution < -0.4 is 0 Å². The van der Waals surface area contributed by atoms with E-state index in [9.17, 15) is 9.18 Å². The third-order valence-electron chi connectivity index (χ3n) is 2.63. The first-order chi connectivity index (χ1) is 7.75. The van der Waals surface area contributed by atoms with E-state index in [-0.39, 0.29) is 25.1 Å². The summed E-state index contributed by atoms with van der Waals surface area (Å²) < 4.78 is 39.3. The van der Waals surface area contributed by atoms with Gasteiger partial charge in [-0.15, -0.1) is 0 Å². The van der Waals surface area contributed by atoms with Crippen molar-refractivity contribution in [3.05, 3.63) is 11.9 Å². The Morgan fingerprint density at radius 3 is 3.07 bits per heavy atom. The van der Waals surface area contributed by atoms with Crippen LogP contribution in [0, 0.1) is 5.41 Å². The zero-order valence-electron chi connectivity index (χ0n) is 11.3. The van der Waals surface area contributed by atoms with Gasteiger partial charge in [-0.25, -0.2) is 4.39 Å². The lowest BCUT2D eigenvalue weighted by Gasteiger charge is -2.38. The minimum atomic E-state index is -2.28. The molecule has 0 aromatic carbocycles. The van der Waals surface area contributed by atoms with E-state index < -0.39 is 18.4 Å². The Bertz CT molecular complexity index is 343. The molecule has 1 saturated heterocycles. The average molecular weight is 204 g/mol. The highest BCUT2D eigenvalue weighted by atomic mass is 19.1.